The molecule has 0 aliphatic rings. The van der Waals surface area contributed by atoms with Crippen LogP contribution in [-0.4, -0.2) is 15.1 Å². The van der Waals surface area contributed by atoms with Gasteiger partial charge in [-0.25, -0.2) is 18.7 Å². The average molecular weight is 376 g/mol. The summed E-state index contributed by atoms with van der Waals surface area (Å²) in [4.78, 5) is 7.96. The summed E-state index contributed by atoms with van der Waals surface area (Å²) in [6, 6.07) is 2.86. The van der Waals surface area contributed by atoms with Crippen LogP contribution < -0.4 is 4.74 Å². The third kappa shape index (κ3) is 3.54. The van der Waals surface area contributed by atoms with Gasteiger partial charge in [-0.05, 0) is 18.2 Å². The van der Waals surface area contributed by atoms with Crippen LogP contribution in [0.2, 0.25) is 0 Å². The molecule has 1 N–H and O–H groups in total. The first-order valence-electron chi connectivity index (χ1n) is 6.83. The summed E-state index contributed by atoms with van der Waals surface area (Å²) in [5, 5.41) is 9.22. The van der Waals surface area contributed by atoms with Gasteiger partial charge < -0.3 is 9.84 Å². The lowest BCUT2D eigenvalue weighted by molar-refractivity contribution is -0.137. The molecule has 0 amide bonds. The predicted molar refractivity (Wildman–Crippen MR) is 79.0 cm³/mol. The van der Waals surface area contributed by atoms with Crippen molar-refractivity contribution in [1.29, 1.82) is 0 Å². The second-order valence-corrected chi connectivity index (χ2v) is 6.00. The van der Waals surface area contributed by atoms with E-state index >= 15 is 0 Å². The topological polar surface area (TPSA) is 55.2 Å². The van der Waals surface area contributed by atoms with Crippen molar-refractivity contribution in [2.45, 2.75) is 19.4 Å². The molecular weight excluding hydrogens is 367 g/mol. The smallest absolute Gasteiger partial charge is 0.417 e. The molecule has 4 nitrogen and oxygen atoms in total. The number of aromatic nitrogens is 2. The number of halogens is 5. The van der Waals surface area contributed by atoms with E-state index in [1.165, 1.54) is 0 Å². The van der Waals surface area contributed by atoms with E-state index in [-0.39, 0.29) is 27.7 Å². The molecule has 0 aliphatic carbocycles. The SMILES string of the molecule is OCc1c(F)ccc(OCc2nc3cc(C(F)(F)F)cnc3s2)c1F. The zero-order chi connectivity index (χ0) is 18.2. The average Bonchev–Trinajstić information content (AvgIpc) is 2.95. The number of ether oxygens (including phenoxy) is 1. The summed E-state index contributed by atoms with van der Waals surface area (Å²) in [6.45, 7) is -1.07. The molecule has 25 heavy (non-hydrogen) atoms. The van der Waals surface area contributed by atoms with Crippen LogP contribution in [0.3, 0.4) is 0 Å². The van der Waals surface area contributed by atoms with E-state index in [4.69, 9.17) is 9.84 Å². The lowest BCUT2D eigenvalue weighted by atomic mass is 10.2. The van der Waals surface area contributed by atoms with E-state index in [9.17, 15) is 22.0 Å². The largest absolute Gasteiger partial charge is 0.483 e. The van der Waals surface area contributed by atoms with Crippen LogP contribution in [0.1, 0.15) is 16.1 Å². The minimum atomic E-state index is -4.53. The molecule has 3 rings (SSSR count). The van der Waals surface area contributed by atoms with E-state index in [1.807, 2.05) is 0 Å². The summed E-state index contributed by atoms with van der Waals surface area (Å²) in [5.74, 6) is -2.24. The first-order valence-corrected chi connectivity index (χ1v) is 7.64. The van der Waals surface area contributed by atoms with E-state index in [0.29, 0.717) is 6.20 Å². The minimum Gasteiger partial charge on any atom is -0.483 e. The Morgan fingerprint density at radius 2 is 1.96 bits per heavy atom. The molecule has 0 fully saturated rings. The highest BCUT2D eigenvalue weighted by Gasteiger charge is 2.31. The van der Waals surface area contributed by atoms with Gasteiger partial charge in [0.2, 0.25) is 0 Å². The first-order chi connectivity index (χ1) is 11.8. The number of hydrogen-bond donors (Lipinski definition) is 1. The molecular formula is C15H9F5N2O2S. The van der Waals surface area contributed by atoms with Crippen molar-refractivity contribution in [3.05, 3.63) is 52.2 Å². The number of thiazole rings is 1. The second-order valence-electron chi connectivity index (χ2n) is 4.94. The molecule has 3 aromatic rings. The summed E-state index contributed by atoms with van der Waals surface area (Å²) >= 11 is 0.994. The standard InChI is InChI=1S/C15H9F5N2O2S/c16-9-1-2-11(13(17)8(9)5-23)24-6-12-22-10-3-7(15(18,19)20)4-21-14(10)25-12/h1-4,23H,5-6H2. The van der Waals surface area contributed by atoms with Gasteiger partial charge in [0.25, 0.3) is 0 Å². The molecule has 1 aromatic carbocycles. The fourth-order valence-corrected chi connectivity index (χ4v) is 2.86. The quantitative estimate of drug-likeness (QED) is 0.698. The maximum absolute atomic E-state index is 13.9. The number of benzene rings is 1. The molecule has 0 saturated carbocycles. The molecule has 0 aliphatic heterocycles. The maximum atomic E-state index is 13.9. The Labute approximate surface area is 141 Å². The number of alkyl halides is 3. The predicted octanol–water partition coefficient (Wildman–Crippen LogP) is 4.06. The highest BCUT2D eigenvalue weighted by molar-refractivity contribution is 7.18. The van der Waals surface area contributed by atoms with E-state index in [0.717, 1.165) is 29.5 Å². The van der Waals surface area contributed by atoms with Crippen LogP contribution in [-0.2, 0) is 19.4 Å². The van der Waals surface area contributed by atoms with Crippen molar-refractivity contribution in [1.82, 2.24) is 9.97 Å². The van der Waals surface area contributed by atoms with Gasteiger partial charge in [-0.3, -0.25) is 0 Å². The lowest BCUT2D eigenvalue weighted by Crippen LogP contribution is -2.05. The van der Waals surface area contributed by atoms with Gasteiger partial charge in [-0.2, -0.15) is 13.2 Å². The zero-order valence-corrected chi connectivity index (χ0v) is 13.1. The van der Waals surface area contributed by atoms with Gasteiger partial charge in [0.05, 0.1) is 17.7 Å². The molecule has 0 unspecified atom stereocenters. The Morgan fingerprint density at radius 3 is 2.64 bits per heavy atom. The van der Waals surface area contributed by atoms with Gasteiger partial charge in [0.15, 0.2) is 11.6 Å². The summed E-state index contributed by atoms with van der Waals surface area (Å²) in [5.41, 5.74) is -1.40. The van der Waals surface area contributed by atoms with Gasteiger partial charge >= 0.3 is 6.18 Å². The van der Waals surface area contributed by atoms with Crippen molar-refractivity contribution in [3.8, 4) is 5.75 Å². The van der Waals surface area contributed by atoms with Gasteiger partial charge in [0.1, 0.15) is 27.8 Å². The van der Waals surface area contributed by atoms with Crippen molar-refractivity contribution in [3.63, 3.8) is 0 Å². The van der Waals surface area contributed by atoms with Crippen LogP contribution in [0.5, 0.6) is 5.75 Å². The highest BCUT2D eigenvalue weighted by atomic mass is 32.1. The van der Waals surface area contributed by atoms with E-state index in [1.54, 1.807) is 0 Å². The van der Waals surface area contributed by atoms with Gasteiger partial charge in [-0.1, -0.05) is 11.3 Å². The van der Waals surface area contributed by atoms with Crippen LogP contribution in [0.25, 0.3) is 10.3 Å². The summed E-state index contributed by atoms with van der Waals surface area (Å²) in [7, 11) is 0. The number of aliphatic hydroxyl groups is 1. The zero-order valence-electron chi connectivity index (χ0n) is 12.3. The Hall–Kier alpha value is -2.33. The van der Waals surface area contributed by atoms with Crippen molar-refractivity contribution in [2.75, 3.05) is 0 Å². The second kappa shape index (κ2) is 6.52. The van der Waals surface area contributed by atoms with Crippen LogP contribution >= 0.6 is 11.3 Å². The van der Waals surface area contributed by atoms with Crippen LogP contribution in [0.15, 0.2) is 24.4 Å². The molecule has 0 atom stereocenters. The highest BCUT2D eigenvalue weighted by Crippen LogP contribution is 2.32. The number of aliphatic hydroxyl groups excluding tert-OH is 1. The Morgan fingerprint density at radius 1 is 1.20 bits per heavy atom. The molecule has 10 heteroatoms. The normalized spacial score (nSPS) is 11.9. The minimum absolute atomic E-state index is 0.0500. The van der Waals surface area contributed by atoms with E-state index < -0.39 is 35.5 Å². The molecule has 0 saturated heterocycles. The molecule has 0 radical (unpaired) electrons. The first kappa shape index (κ1) is 17.5. The van der Waals surface area contributed by atoms with Crippen LogP contribution in [0, 0.1) is 11.6 Å². The van der Waals surface area contributed by atoms with Crippen LogP contribution in [0.4, 0.5) is 22.0 Å². The molecule has 0 bridgehead atoms. The molecule has 2 heterocycles. The Kier molecular flexibility index (Phi) is 4.56. The number of pyridine rings is 1. The number of rotatable bonds is 4. The number of fused-ring (bicyclic) bond motifs is 1. The van der Waals surface area contributed by atoms with Crippen molar-refractivity contribution in [2.24, 2.45) is 0 Å². The van der Waals surface area contributed by atoms with Gasteiger partial charge in [0, 0.05) is 6.20 Å². The van der Waals surface area contributed by atoms with Gasteiger partial charge in [-0.15, -0.1) is 0 Å². The monoisotopic (exact) mass is 376 g/mol. The fraction of sp³-hybridized carbons (Fsp3) is 0.200. The number of hydrogen-bond acceptors (Lipinski definition) is 5. The molecule has 132 valence electrons. The van der Waals surface area contributed by atoms with E-state index in [2.05, 4.69) is 9.97 Å². The number of nitrogens with zero attached hydrogens (tertiary/aromatic N) is 2. The fourth-order valence-electron chi connectivity index (χ4n) is 2.06. The summed E-state index contributed by atoms with van der Waals surface area (Å²) in [6.07, 6.45) is -3.82. The lowest BCUT2D eigenvalue weighted by Gasteiger charge is -2.08. The van der Waals surface area contributed by atoms with Crippen molar-refractivity contribution >= 4 is 21.7 Å². The summed E-state index contributed by atoms with van der Waals surface area (Å²) < 4.78 is 70.4. The van der Waals surface area contributed by atoms with Crippen molar-refractivity contribution < 1.29 is 31.8 Å². The maximum Gasteiger partial charge on any atom is 0.417 e. The molecule has 2 aromatic heterocycles. The third-order valence-corrected chi connectivity index (χ3v) is 4.23. The Balaban J connectivity index is 1.82. The Bertz CT molecular complexity index is 926. The molecule has 0 spiro atoms. The third-order valence-electron chi connectivity index (χ3n) is 3.28.